The van der Waals surface area contributed by atoms with Crippen molar-refractivity contribution >= 4 is 5.91 Å². The second-order valence-electron chi connectivity index (χ2n) is 5.30. The molecule has 3 rings (SSSR count). The average Bonchev–Trinajstić information content (AvgIpc) is 2.91. The number of hydrogen-bond acceptors (Lipinski definition) is 4. The fourth-order valence-corrected chi connectivity index (χ4v) is 2.47. The molecule has 1 unspecified atom stereocenters. The minimum atomic E-state index is -0.322. The molecular weight excluding hydrogens is 287 g/mol. The van der Waals surface area contributed by atoms with E-state index in [-0.39, 0.29) is 23.5 Å². The molecule has 0 radical (unpaired) electrons. The Morgan fingerprint density at radius 1 is 1.41 bits per heavy atom. The van der Waals surface area contributed by atoms with Crippen molar-refractivity contribution in [2.24, 2.45) is 0 Å². The summed E-state index contributed by atoms with van der Waals surface area (Å²) in [7, 11) is 0. The molecule has 116 valence electrons. The molecule has 1 aliphatic rings. The third-order valence-corrected chi connectivity index (χ3v) is 3.68. The van der Waals surface area contributed by atoms with Crippen molar-refractivity contribution in [3.05, 3.63) is 41.5 Å². The summed E-state index contributed by atoms with van der Waals surface area (Å²) < 4.78 is 19.8. The van der Waals surface area contributed by atoms with Crippen molar-refractivity contribution in [2.45, 2.75) is 25.8 Å². The average molecular weight is 304 g/mol. The molecular formula is C15H17FN4O2. The molecule has 0 aliphatic carbocycles. The van der Waals surface area contributed by atoms with Crippen LogP contribution in [0.25, 0.3) is 5.69 Å². The van der Waals surface area contributed by atoms with Gasteiger partial charge in [0.25, 0.3) is 5.91 Å². The number of benzene rings is 1. The molecule has 1 aromatic heterocycles. The summed E-state index contributed by atoms with van der Waals surface area (Å²) in [5.41, 5.74) is 1.54. The number of rotatable bonds is 3. The zero-order chi connectivity index (χ0) is 15.5. The van der Waals surface area contributed by atoms with E-state index in [0.29, 0.717) is 18.0 Å². The van der Waals surface area contributed by atoms with Gasteiger partial charge in [-0.05, 0) is 44.0 Å². The first-order valence-electron chi connectivity index (χ1n) is 7.22. The molecule has 7 heteroatoms. The van der Waals surface area contributed by atoms with Crippen LogP contribution in [0.3, 0.4) is 0 Å². The molecule has 22 heavy (non-hydrogen) atoms. The molecule has 0 saturated carbocycles. The van der Waals surface area contributed by atoms with Gasteiger partial charge in [0, 0.05) is 6.61 Å². The van der Waals surface area contributed by atoms with Crippen LogP contribution in [0.15, 0.2) is 24.3 Å². The second-order valence-corrected chi connectivity index (χ2v) is 5.30. The Kier molecular flexibility index (Phi) is 4.15. The van der Waals surface area contributed by atoms with Gasteiger partial charge in [0.15, 0.2) is 5.69 Å². The lowest BCUT2D eigenvalue weighted by atomic mass is 10.1. The molecule has 1 aromatic carbocycles. The number of hydrogen-bond donors (Lipinski definition) is 1. The minimum Gasteiger partial charge on any atom is -0.379 e. The van der Waals surface area contributed by atoms with Crippen molar-refractivity contribution in [1.29, 1.82) is 0 Å². The highest BCUT2D eigenvalue weighted by Gasteiger charge is 2.22. The van der Waals surface area contributed by atoms with E-state index in [1.165, 1.54) is 16.8 Å². The third-order valence-electron chi connectivity index (χ3n) is 3.68. The quantitative estimate of drug-likeness (QED) is 0.935. The van der Waals surface area contributed by atoms with Crippen molar-refractivity contribution in [3.63, 3.8) is 0 Å². The van der Waals surface area contributed by atoms with E-state index >= 15 is 0 Å². The molecule has 2 heterocycles. The maximum absolute atomic E-state index is 13.0. The first kappa shape index (κ1) is 14.6. The van der Waals surface area contributed by atoms with E-state index in [0.717, 1.165) is 19.4 Å². The first-order valence-corrected chi connectivity index (χ1v) is 7.22. The summed E-state index contributed by atoms with van der Waals surface area (Å²) >= 11 is 0. The van der Waals surface area contributed by atoms with Crippen molar-refractivity contribution in [2.75, 3.05) is 13.2 Å². The number of aromatic nitrogens is 3. The molecule has 1 fully saturated rings. The second kappa shape index (κ2) is 6.23. The summed E-state index contributed by atoms with van der Waals surface area (Å²) in [5.74, 6) is -0.585. The molecule has 0 spiro atoms. The lowest BCUT2D eigenvalue weighted by Gasteiger charge is -2.22. The van der Waals surface area contributed by atoms with E-state index < -0.39 is 0 Å². The molecule has 2 aromatic rings. The van der Waals surface area contributed by atoms with Gasteiger partial charge < -0.3 is 10.1 Å². The van der Waals surface area contributed by atoms with Crippen LogP contribution in [0.1, 0.15) is 29.0 Å². The maximum atomic E-state index is 13.0. The number of ether oxygens (including phenoxy) is 1. The van der Waals surface area contributed by atoms with Crippen LogP contribution in [0, 0.1) is 12.7 Å². The van der Waals surface area contributed by atoms with Gasteiger partial charge in [-0.3, -0.25) is 4.79 Å². The SMILES string of the molecule is Cc1c(C(=O)NC2CCCOC2)nnn1-c1ccc(F)cc1. The summed E-state index contributed by atoms with van der Waals surface area (Å²) in [5, 5.41) is 10.8. The monoisotopic (exact) mass is 304 g/mol. The normalized spacial score (nSPS) is 18.2. The van der Waals surface area contributed by atoms with Crippen molar-refractivity contribution in [1.82, 2.24) is 20.3 Å². The van der Waals surface area contributed by atoms with Gasteiger partial charge in [-0.1, -0.05) is 5.21 Å². The largest absolute Gasteiger partial charge is 0.379 e. The molecule has 0 bridgehead atoms. The number of nitrogens with one attached hydrogen (secondary N) is 1. The van der Waals surface area contributed by atoms with Gasteiger partial charge in [-0.2, -0.15) is 0 Å². The first-order chi connectivity index (χ1) is 10.6. The summed E-state index contributed by atoms with van der Waals surface area (Å²) in [6.07, 6.45) is 1.84. The third kappa shape index (κ3) is 2.99. The lowest BCUT2D eigenvalue weighted by Crippen LogP contribution is -2.41. The summed E-state index contributed by atoms with van der Waals surface area (Å²) in [4.78, 5) is 12.3. The molecule has 1 N–H and O–H groups in total. The van der Waals surface area contributed by atoms with E-state index in [2.05, 4.69) is 15.6 Å². The van der Waals surface area contributed by atoms with Gasteiger partial charge in [0.1, 0.15) is 5.82 Å². The Balaban J connectivity index is 1.77. The van der Waals surface area contributed by atoms with Crippen LogP contribution in [-0.4, -0.2) is 40.2 Å². The van der Waals surface area contributed by atoms with Crippen LogP contribution >= 0.6 is 0 Å². The highest BCUT2D eigenvalue weighted by molar-refractivity contribution is 5.93. The Hall–Kier alpha value is -2.28. The zero-order valence-electron chi connectivity index (χ0n) is 12.3. The van der Waals surface area contributed by atoms with Crippen LogP contribution in [0.5, 0.6) is 0 Å². The van der Waals surface area contributed by atoms with E-state index in [1.807, 2.05) is 0 Å². The number of carbonyl (C=O) groups is 1. The molecule has 1 amide bonds. The van der Waals surface area contributed by atoms with Gasteiger partial charge in [-0.25, -0.2) is 9.07 Å². The fourth-order valence-electron chi connectivity index (χ4n) is 2.47. The lowest BCUT2D eigenvalue weighted by molar-refractivity contribution is 0.0621. The Morgan fingerprint density at radius 2 is 2.18 bits per heavy atom. The predicted octanol–water partition coefficient (Wildman–Crippen LogP) is 1.62. The molecule has 1 saturated heterocycles. The fraction of sp³-hybridized carbons (Fsp3) is 0.400. The summed E-state index contributed by atoms with van der Waals surface area (Å²) in [6.45, 7) is 3.03. The summed E-state index contributed by atoms with van der Waals surface area (Å²) in [6, 6.07) is 5.88. The molecule has 1 aliphatic heterocycles. The Labute approximate surface area is 127 Å². The van der Waals surface area contributed by atoms with Gasteiger partial charge >= 0.3 is 0 Å². The van der Waals surface area contributed by atoms with Crippen LogP contribution in [0.2, 0.25) is 0 Å². The Morgan fingerprint density at radius 3 is 2.86 bits per heavy atom. The van der Waals surface area contributed by atoms with Crippen LogP contribution < -0.4 is 5.32 Å². The van der Waals surface area contributed by atoms with Gasteiger partial charge in [0.05, 0.1) is 24.0 Å². The number of nitrogens with zero attached hydrogens (tertiary/aromatic N) is 3. The molecule has 6 nitrogen and oxygen atoms in total. The topological polar surface area (TPSA) is 69.0 Å². The smallest absolute Gasteiger partial charge is 0.274 e. The van der Waals surface area contributed by atoms with E-state index in [4.69, 9.17) is 4.74 Å². The number of halogens is 1. The molecule has 1 atom stereocenters. The van der Waals surface area contributed by atoms with Gasteiger partial charge in [0.2, 0.25) is 0 Å². The van der Waals surface area contributed by atoms with Crippen LogP contribution in [-0.2, 0) is 4.74 Å². The van der Waals surface area contributed by atoms with Crippen molar-refractivity contribution < 1.29 is 13.9 Å². The predicted molar refractivity (Wildman–Crippen MR) is 77.4 cm³/mol. The number of carbonyl (C=O) groups excluding carboxylic acids is 1. The highest BCUT2D eigenvalue weighted by atomic mass is 19.1. The van der Waals surface area contributed by atoms with Crippen molar-refractivity contribution in [3.8, 4) is 5.69 Å². The van der Waals surface area contributed by atoms with Gasteiger partial charge in [-0.15, -0.1) is 5.10 Å². The minimum absolute atomic E-state index is 0.0108. The standard InChI is InChI=1S/C15H17FN4O2/c1-10-14(15(21)17-12-3-2-8-22-9-12)18-19-20(10)13-6-4-11(16)5-7-13/h4-7,12H,2-3,8-9H2,1H3,(H,17,21). The zero-order valence-corrected chi connectivity index (χ0v) is 12.3. The van der Waals surface area contributed by atoms with Crippen LogP contribution in [0.4, 0.5) is 4.39 Å². The number of amides is 1. The van der Waals surface area contributed by atoms with E-state index in [9.17, 15) is 9.18 Å². The maximum Gasteiger partial charge on any atom is 0.274 e. The Bertz CT molecular complexity index is 663. The van der Waals surface area contributed by atoms with E-state index in [1.54, 1.807) is 19.1 Å². The highest BCUT2D eigenvalue weighted by Crippen LogP contribution is 2.14.